The third kappa shape index (κ3) is 6.11. The fourth-order valence-electron chi connectivity index (χ4n) is 0.444. The van der Waals surface area contributed by atoms with Gasteiger partial charge in [-0.25, -0.2) is 0 Å². The molecule has 0 N–H and O–H groups in total. The Morgan fingerprint density at radius 3 is 2.50 bits per heavy atom. The van der Waals surface area contributed by atoms with Gasteiger partial charge in [0.05, 0.1) is 0 Å². The summed E-state index contributed by atoms with van der Waals surface area (Å²) in [6.45, 7) is 2.88. The van der Waals surface area contributed by atoms with Crippen molar-refractivity contribution >= 4 is 16.9 Å². The van der Waals surface area contributed by atoms with Gasteiger partial charge in [0.1, 0.15) is 0 Å². The Balaban J connectivity index is 3.12. The first-order valence-electron chi connectivity index (χ1n) is 3.47. The van der Waals surface area contributed by atoms with E-state index in [1.54, 1.807) is 0 Å². The van der Waals surface area contributed by atoms with Gasteiger partial charge in [-0.3, -0.25) is 4.79 Å². The summed E-state index contributed by atoms with van der Waals surface area (Å²) in [7, 11) is 4.02. The second-order valence-electron chi connectivity index (χ2n) is 2.38. The van der Waals surface area contributed by atoms with Crippen LogP contribution in [0, 0.1) is 0 Å². The molecular weight excluding hydrogens is 146 g/mol. The normalized spacial score (nSPS) is 10.4. The first kappa shape index (κ1) is 9.98. The highest BCUT2D eigenvalue weighted by atomic mass is 32.2. The molecule has 0 amide bonds. The van der Waals surface area contributed by atoms with Crippen molar-refractivity contribution in [1.82, 2.24) is 4.90 Å². The zero-order valence-electron chi connectivity index (χ0n) is 6.89. The molecule has 60 valence electrons. The van der Waals surface area contributed by atoms with E-state index in [-0.39, 0.29) is 0 Å². The Bertz CT molecular complexity index is 104. The molecule has 0 spiro atoms. The average Bonchev–Trinajstić information content (AvgIpc) is 1.87. The average molecular weight is 161 g/mol. The topological polar surface area (TPSA) is 20.3 Å². The van der Waals surface area contributed by atoms with E-state index < -0.39 is 0 Å². The highest BCUT2D eigenvalue weighted by Gasteiger charge is 1.97. The van der Waals surface area contributed by atoms with Crippen LogP contribution in [-0.4, -0.2) is 36.4 Å². The smallest absolute Gasteiger partial charge is 0.188 e. The molecule has 0 atom stereocenters. The predicted molar refractivity (Wildman–Crippen MR) is 46.3 cm³/mol. The van der Waals surface area contributed by atoms with Crippen LogP contribution in [0.15, 0.2) is 0 Å². The molecule has 0 saturated carbocycles. The minimum atomic E-state index is 0.293. The molecule has 3 heteroatoms. The van der Waals surface area contributed by atoms with Crippen LogP contribution in [0.5, 0.6) is 0 Å². The fourth-order valence-corrected chi connectivity index (χ4v) is 1.33. The third-order valence-electron chi connectivity index (χ3n) is 1.09. The van der Waals surface area contributed by atoms with Crippen LogP contribution in [0.3, 0.4) is 0 Å². The van der Waals surface area contributed by atoms with Gasteiger partial charge in [-0.15, -0.1) is 0 Å². The molecule has 0 bridgehead atoms. The van der Waals surface area contributed by atoms with E-state index in [9.17, 15) is 4.79 Å². The molecule has 10 heavy (non-hydrogen) atoms. The van der Waals surface area contributed by atoms with Crippen molar-refractivity contribution in [3.63, 3.8) is 0 Å². The largest absolute Gasteiger partial charge is 0.309 e. The molecule has 0 aliphatic rings. The summed E-state index contributed by atoms with van der Waals surface area (Å²) in [5.74, 6) is 0.916. The minimum absolute atomic E-state index is 0.293. The van der Waals surface area contributed by atoms with Crippen molar-refractivity contribution in [3.8, 4) is 0 Å². The van der Waals surface area contributed by atoms with Crippen LogP contribution in [0.25, 0.3) is 0 Å². The number of rotatable bonds is 4. The van der Waals surface area contributed by atoms with Crippen LogP contribution < -0.4 is 0 Å². The zero-order valence-corrected chi connectivity index (χ0v) is 7.70. The highest BCUT2D eigenvalue weighted by Crippen LogP contribution is 2.03. The number of hydrogen-bond donors (Lipinski definition) is 0. The molecule has 0 radical (unpaired) electrons. The number of nitrogens with zero attached hydrogens (tertiary/aromatic N) is 1. The zero-order chi connectivity index (χ0) is 7.98. The molecule has 0 heterocycles. The van der Waals surface area contributed by atoms with Crippen molar-refractivity contribution in [2.75, 3.05) is 26.4 Å². The lowest BCUT2D eigenvalue weighted by molar-refractivity contribution is -0.110. The SMILES string of the molecule is CCC(=O)SCCN(C)C. The van der Waals surface area contributed by atoms with E-state index in [4.69, 9.17) is 0 Å². The molecule has 2 nitrogen and oxygen atoms in total. The third-order valence-corrected chi connectivity index (χ3v) is 2.09. The summed E-state index contributed by atoms with van der Waals surface area (Å²) in [5.41, 5.74) is 0. The summed E-state index contributed by atoms with van der Waals surface area (Å²) in [4.78, 5) is 12.8. The molecule has 0 aromatic carbocycles. The Morgan fingerprint density at radius 1 is 1.50 bits per heavy atom. The van der Waals surface area contributed by atoms with Crippen LogP contribution in [0.1, 0.15) is 13.3 Å². The molecule has 0 aromatic rings. The van der Waals surface area contributed by atoms with Gasteiger partial charge in [0, 0.05) is 18.7 Å². The van der Waals surface area contributed by atoms with Gasteiger partial charge < -0.3 is 4.90 Å². The number of carbonyl (C=O) groups excluding carboxylic acids is 1. The summed E-state index contributed by atoms with van der Waals surface area (Å²) < 4.78 is 0. The van der Waals surface area contributed by atoms with Crippen molar-refractivity contribution < 1.29 is 4.79 Å². The number of carbonyl (C=O) groups is 1. The van der Waals surface area contributed by atoms with Gasteiger partial charge in [0.25, 0.3) is 0 Å². The van der Waals surface area contributed by atoms with E-state index in [1.165, 1.54) is 11.8 Å². The molecule has 0 unspecified atom stereocenters. The first-order chi connectivity index (χ1) is 4.66. The van der Waals surface area contributed by atoms with E-state index in [0.717, 1.165) is 12.3 Å². The molecular formula is C7H15NOS. The standard InChI is InChI=1S/C7H15NOS/c1-4-7(9)10-6-5-8(2)3/h4-6H2,1-3H3. The Hall–Kier alpha value is -0.0200. The minimum Gasteiger partial charge on any atom is -0.309 e. The van der Waals surface area contributed by atoms with Gasteiger partial charge in [-0.2, -0.15) is 0 Å². The van der Waals surface area contributed by atoms with E-state index >= 15 is 0 Å². The van der Waals surface area contributed by atoms with E-state index in [2.05, 4.69) is 4.90 Å². The van der Waals surface area contributed by atoms with E-state index in [1.807, 2.05) is 21.0 Å². The molecule has 0 aliphatic heterocycles. The van der Waals surface area contributed by atoms with Crippen LogP contribution in [0.2, 0.25) is 0 Å². The second kappa shape index (κ2) is 5.74. The van der Waals surface area contributed by atoms with Crippen LogP contribution in [0.4, 0.5) is 0 Å². The number of hydrogen-bond acceptors (Lipinski definition) is 3. The maximum absolute atomic E-state index is 10.7. The molecule has 0 rings (SSSR count). The van der Waals surface area contributed by atoms with Gasteiger partial charge in [0.2, 0.25) is 0 Å². The Kier molecular flexibility index (Phi) is 5.73. The maximum Gasteiger partial charge on any atom is 0.188 e. The number of thioether (sulfide) groups is 1. The Morgan fingerprint density at radius 2 is 2.10 bits per heavy atom. The van der Waals surface area contributed by atoms with Gasteiger partial charge in [0.15, 0.2) is 5.12 Å². The lowest BCUT2D eigenvalue weighted by Gasteiger charge is -2.06. The summed E-state index contributed by atoms with van der Waals surface area (Å²) >= 11 is 1.42. The van der Waals surface area contributed by atoms with Crippen LogP contribution in [-0.2, 0) is 4.79 Å². The van der Waals surface area contributed by atoms with Crippen molar-refractivity contribution in [1.29, 1.82) is 0 Å². The first-order valence-corrected chi connectivity index (χ1v) is 4.45. The predicted octanol–water partition coefficient (Wildman–Crippen LogP) is 1.22. The monoisotopic (exact) mass is 161 g/mol. The fraction of sp³-hybridized carbons (Fsp3) is 0.857. The maximum atomic E-state index is 10.7. The van der Waals surface area contributed by atoms with Gasteiger partial charge in [-0.05, 0) is 14.1 Å². The Labute approximate surface area is 67.0 Å². The van der Waals surface area contributed by atoms with Crippen molar-refractivity contribution in [2.24, 2.45) is 0 Å². The van der Waals surface area contributed by atoms with Crippen molar-refractivity contribution in [3.05, 3.63) is 0 Å². The van der Waals surface area contributed by atoms with E-state index in [0.29, 0.717) is 11.5 Å². The summed E-state index contributed by atoms with van der Waals surface area (Å²) in [5, 5.41) is 0.293. The van der Waals surface area contributed by atoms with Gasteiger partial charge >= 0.3 is 0 Å². The molecule has 0 aliphatic carbocycles. The highest BCUT2D eigenvalue weighted by molar-refractivity contribution is 8.13. The second-order valence-corrected chi connectivity index (χ2v) is 3.53. The molecule has 0 aromatic heterocycles. The quantitative estimate of drug-likeness (QED) is 0.618. The van der Waals surface area contributed by atoms with Gasteiger partial charge in [-0.1, -0.05) is 18.7 Å². The van der Waals surface area contributed by atoms with Crippen LogP contribution >= 0.6 is 11.8 Å². The van der Waals surface area contributed by atoms with Crippen molar-refractivity contribution in [2.45, 2.75) is 13.3 Å². The summed E-state index contributed by atoms with van der Waals surface area (Å²) in [6, 6.07) is 0. The lowest BCUT2D eigenvalue weighted by Crippen LogP contribution is -2.15. The lowest BCUT2D eigenvalue weighted by atomic mass is 10.6. The molecule has 0 fully saturated rings. The summed E-state index contributed by atoms with van der Waals surface area (Å²) in [6.07, 6.45) is 0.651. The molecule has 0 saturated heterocycles.